The molecule has 1 aromatic heterocycles. The summed E-state index contributed by atoms with van der Waals surface area (Å²) < 4.78 is 13.0. The van der Waals surface area contributed by atoms with Gasteiger partial charge in [0.15, 0.2) is 0 Å². The molecule has 0 aliphatic rings. The van der Waals surface area contributed by atoms with Crippen LogP contribution in [0, 0.1) is 0 Å². The van der Waals surface area contributed by atoms with Crippen LogP contribution in [0.25, 0.3) is 5.69 Å². The van der Waals surface area contributed by atoms with Crippen molar-refractivity contribution in [3.8, 4) is 17.2 Å². The van der Waals surface area contributed by atoms with Crippen molar-refractivity contribution in [2.24, 2.45) is 0 Å². The van der Waals surface area contributed by atoms with E-state index < -0.39 is 6.09 Å². The Bertz CT molecular complexity index is 1050. The smallest absolute Gasteiger partial charge is 0.417 e. The topological polar surface area (TPSA) is 65.4 Å². The third-order valence-corrected chi connectivity index (χ3v) is 4.20. The lowest BCUT2D eigenvalue weighted by Gasteiger charge is -2.09. The van der Waals surface area contributed by atoms with Crippen molar-refractivity contribution in [2.45, 2.75) is 6.61 Å². The number of rotatable bonds is 6. The van der Waals surface area contributed by atoms with Gasteiger partial charge in [-0.2, -0.15) is 0 Å². The van der Waals surface area contributed by atoms with Gasteiger partial charge in [-0.25, -0.2) is 9.78 Å². The highest BCUT2D eigenvalue weighted by Crippen LogP contribution is 2.18. The molecule has 0 fully saturated rings. The highest BCUT2D eigenvalue weighted by Gasteiger charge is 2.05. The average Bonchev–Trinajstić information content (AvgIpc) is 3.29. The first kappa shape index (κ1) is 18.3. The number of anilines is 1. The number of para-hydroxylation sites is 1. The molecule has 0 radical (unpaired) electrons. The van der Waals surface area contributed by atoms with E-state index in [0.717, 1.165) is 17.0 Å². The SMILES string of the molecule is O=C(Nc1ccccc1)Oc1ccc(COc2ccc(-n3ccnc3)cc2)cc1. The molecular weight excluding hydrogens is 366 g/mol. The van der Waals surface area contributed by atoms with Crippen molar-refractivity contribution >= 4 is 11.8 Å². The summed E-state index contributed by atoms with van der Waals surface area (Å²) >= 11 is 0. The molecule has 6 heteroatoms. The molecule has 144 valence electrons. The van der Waals surface area contributed by atoms with Crippen LogP contribution in [0.3, 0.4) is 0 Å². The van der Waals surface area contributed by atoms with Gasteiger partial charge in [-0.15, -0.1) is 0 Å². The van der Waals surface area contributed by atoms with Gasteiger partial charge in [0, 0.05) is 23.8 Å². The summed E-state index contributed by atoms with van der Waals surface area (Å²) in [6, 6.07) is 24.1. The van der Waals surface area contributed by atoms with Gasteiger partial charge in [-0.1, -0.05) is 30.3 Å². The summed E-state index contributed by atoms with van der Waals surface area (Å²) in [6.45, 7) is 0.418. The van der Waals surface area contributed by atoms with Gasteiger partial charge in [-0.05, 0) is 54.1 Å². The lowest BCUT2D eigenvalue weighted by atomic mass is 10.2. The maximum atomic E-state index is 11.9. The zero-order chi connectivity index (χ0) is 19.9. The fraction of sp³-hybridized carbons (Fsp3) is 0.0435. The van der Waals surface area contributed by atoms with Crippen molar-refractivity contribution < 1.29 is 14.3 Å². The lowest BCUT2D eigenvalue weighted by Crippen LogP contribution is -2.16. The predicted octanol–water partition coefficient (Wildman–Crippen LogP) is 5.06. The van der Waals surface area contributed by atoms with Crippen LogP contribution in [0.15, 0.2) is 97.6 Å². The standard InChI is InChI=1S/C23H19N3O3/c27-23(25-19-4-2-1-3-5-19)29-22-10-6-18(7-11-22)16-28-21-12-8-20(9-13-21)26-15-14-24-17-26/h1-15,17H,16H2,(H,25,27). The largest absolute Gasteiger partial charge is 0.489 e. The number of hydrogen-bond donors (Lipinski definition) is 1. The van der Waals surface area contributed by atoms with Crippen LogP contribution in [0.4, 0.5) is 10.5 Å². The Morgan fingerprint density at radius 3 is 2.31 bits per heavy atom. The molecule has 0 unspecified atom stereocenters. The molecule has 0 saturated heterocycles. The fourth-order valence-corrected chi connectivity index (χ4v) is 2.72. The van der Waals surface area contributed by atoms with E-state index in [0.29, 0.717) is 18.0 Å². The molecule has 4 rings (SSSR count). The zero-order valence-corrected chi connectivity index (χ0v) is 15.6. The van der Waals surface area contributed by atoms with Crippen LogP contribution in [-0.2, 0) is 6.61 Å². The first-order valence-corrected chi connectivity index (χ1v) is 9.10. The van der Waals surface area contributed by atoms with E-state index >= 15 is 0 Å². The van der Waals surface area contributed by atoms with Gasteiger partial charge < -0.3 is 14.0 Å². The number of imidazole rings is 1. The number of nitrogens with one attached hydrogen (secondary N) is 1. The van der Waals surface area contributed by atoms with E-state index in [1.807, 2.05) is 65.4 Å². The summed E-state index contributed by atoms with van der Waals surface area (Å²) in [5.74, 6) is 1.24. The minimum absolute atomic E-state index is 0.418. The number of amides is 1. The summed E-state index contributed by atoms with van der Waals surface area (Å²) in [6.07, 6.45) is 4.85. The van der Waals surface area contributed by atoms with Crippen LogP contribution in [0.2, 0.25) is 0 Å². The van der Waals surface area contributed by atoms with Crippen molar-refractivity contribution in [3.63, 3.8) is 0 Å². The highest BCUT2D eigenvalue weighted by atomic mass is 16.6. The molecule has 6 nitrogen and oxygen atoms in total. The van der Waals surface area contributed by atoms with E-state index in [1.165, 1.54) is 0 Å². The Balaban J connectivity index is 1.28. The summed E-state index contributed by atoms with van der Waals surface area (Å²) in [7, 11) is 0. The second-order valence-electron chi connectivity index (χ2n) is 6.28. The number of ether oxygens (including phenoxy) is 2. The first-order chi connectivity index (χ1) is 14.3. The molecule has 1 heterocycles. The van der Waals surface area contributed by atoms with E-state index in [9.17, 15) is 4.79 Å². The van der Waals surface area contributed by atoms with Gasteiger partial charge in [0.25, 0.3) is 0 Å². The van der Waals surface area contributed by atoms with Crippen molar-refractivity contribution in [1.82, 2.24) is 9.55 Å². The molecule has 0 saturated carbocycles. The molecule has 0 bridgehead atoms. The van der Waals surface area contributed by atoms with E-state index in [2.05, 4.69) is 10.3 Å². The average molecular weight is 385 g/mol. The van der Waals surface area contributed by atoms with Gasteiger partial charge in [0.05, 0.1) is 6.33 Å². The van der Waals surface area contributed by atoms with Crippen molar-refractivity contribution in [2.75, 3.05) is 5.32 Å². The maximum absolute atomic E-state index is 11.9. The number of carbonyl (C=O) groups is 1. The predicted molar refractivity (Wildman–Crippen MR) is 110 cm³/mol. The summed E-state index contributed by atoms with van der Waals surface area (Å²) in [5.41, 5.74) is 2.67. The Kier molecular flexibility index (Phi) is 5.53. The molecule has 3 aromatic carbocycles. The van der Waals surface area contributed by atoms with Crippen LogP contribution >= 0.6 is 0 Å². The van der Waals surface area contributed by atoms with E-state index in [1.54, 1.807) is 36.8 Å². The Labute approximate surface area is 168 Å². The summed E-state index contributed by atoms with van der Waals surface area (Å²) in [4.78, 5) is 16.0. The molecule has 29 heavy (non-hydrogen) atoms. The lowest BCUT2D eigenvalue weighted by molar-refractivity contribution is 0.215. The number of hydrogen-bond acceptors (Lipinski definition) is 4. The fourth-order valence-electron chi connectivity index (χ4n) is 2.72. The Morgan fingerprint density at radius 2 is 1.62 bits per heavy atom. The molecule has 1 N–H and O–H groups in total. The molecule has 4 aromatic rings. The monoisotopic (exact) mass is 385 g/mol. The first-order valence-electron chi connectivity index (χ1n) is 9.10. The highest BCUT2D eigenvalue weighted by molar-refractivity contribution is 5.86. The molecule has 0 atom stereocenters. The van der Waals surface area contributed by atoms with Crippen molar-refractivity contribution in [1.29, 1.82) is 0 Å². The number of aromatic nitrogens is 2. The third kappa shape index (κ3) is 5.01. The number of benzene rings is 3. The van der Waals surface area contributed by atoms with Gasteiger partial charge in [0.1, 0.15) is 18.1 Å². The zero-order valence-electron chi connectivity index (χ0n) is 15.6. The minimum Gasteiger partial charge on any atom is -0.489 e. The molecule has 0 aliphatic heterocycles. The minimum atomic E-state index is -0.529. The van der Waals surface area contributed by atoms with Crippen LogP contribution in [-0.4, -0.2) is 15.6 Å². The van der Waals surface area contributed by atoms with Gasteiger partial charge in [0.2, 0.25) is 0 Å². The quantitative estimate of drug-likeness (QED) is 0.504. The second kappa shape index (κ2) is 8.75. The second-order valence-corrected chi connectivity index (χ2v) is 6.28. The molecular formula is C23H19N3O3. The van der Waals surface area contributed by atoms with Crippen molar-refractivity contribution in [3.05, 3.63) is 103 Å². The normalized spacial score (nSPS) is 10.3. The molecule has 0 spiro atoms. The van der Waals surface area contributed by atoms with Crippen LogP contribution in [0.5, 0.6) is 11.5 Å². The number of carbonyl (C=O) groups excluding carboxylic acids is 1. The van der Waals surface area contributed by atoms with E-state index in [4.69, 9.17) is 9.47 Å². The van der Waals surface area contributed by atoms with Crippen LogP contribution in [0.1, 0.15) is 5.56 Å². The number of nitrogens with zero attached hydrogens (tertiary/aromatic N) is 2. The van der Waals surface area contributed by atoms with Crippen LogP contribution < -0.4 is 14.8 Å². The third-order valence-electron chi connectivity index (χ3n) is 4.20. The molecule has 0 aliphatic carbocycles. The van der Waals surface area contributed by atoms with E-state index in [-0.39, 0.29) is 0 Å². The van der Waals surface area contributed by atoms with Gasteiger partial charge >= 0.3 is 6.09 Å². The maximum Gasteiger partial charge on any atom is 0.417 e. The Morgan fingerprint density at radius 1 is 0.897 bits per heavy atom. The van der Waals surface area contributed by atoms with Gasteiger partial charge in [-0.3, -0.25) is 5.32 Å². The Hall–Kier alpha value is -4.06. The molecule has 1 amide bonds. The summed E-state index contributed by atoms with van der Waals surface area (Å²) in [5, 5.41) is 2.67.